The van der Waals surface area contributed by atoms with E-state index in [1.165, 1.54) is 16.2 Å². The number of carbonyl (C=O) groups excluding carboxylic acids is 2. The molecule has 132 valence electrons. The van der Waals surface area contributed by atoms with Gasteiger partial charge in [0.25, 0.3) is 11.8 Å². The lowest BCUT2D eigenvalue weighted by atomic mass is 10.2. The summed E-state index contributed by atoms with van der Waals surface area (Å²) < 4.78 is 19.2. The summed E-state index contributed by atoms with van der Waals surface area (Å²) in [5.74, 6) is 0.117. The Morgan fingerprint density at radius 1 is 1.28 bits per heavy atom. The number of carbonyl (C=O) groups is 2. The largest absolute Gasteiger partial charge is 0.484 e. The van der Waals surface area contributed by atoms with E-state index in [1.54, 1.807) is 23.6 Å². The third-order valence-corrected chi connectivity index (χ3v) is 4.72. The molecular formula is C18H19FN2O3S. The molecule has 3 rings (SSSR count). The van der Waals surface area contributed by atoms with Gasteiger partial charge in [0.05, 0.1) is 18.2 Å². The number of ether oxygens (including phenoxy) is 1. The summed E-state index contributed by atoms with van der Waals surface area (Å²) in [4.78, 5) is 25.9. The number of benzene rings is 1. The Bertz CT molecular complexity index is 708. The van der Waals surface area contributed by atoms with Crippen molar-refractivity contribution in [1.82, 2.24) is 10.2 Å². The first-order chi connectivity index (χ1) is 12.1. The highest BCUT2D eigenvalue weighted by Crippen LogP contribution is 2.23. The van der Waals surface area contributed by atoms with Crippen molar-refractivity contribution < 1.29 is 18.7 Å². The molecule has 1 aromatic heterocycles. The highest BCUT2D eigenvalue weighted by atomic mass is 32.1. The lowest BCUT2D eigenvalue weighted by Crippen LogP contribution is -2.44. The van der Waals surface area contributed by atoms with E-state index in [-0.39, 0.29) is 44.0 Å². The molecule has 1 aromatic carbocycles. The fourth-order valence-corrected chi connectivity index (χ4v) is 3.43. The van der Waals surface area contributed by atoms with Crippen molar-refractivity contribution in [2.24, 2.45) is 0 Å². The van der Waals surface area contributed by atoms with Crippen molar-refractivity contribution in [2.75, 3.05) is 19.7 Å². The van der Waals surface area contributed by atoms with Crippen molar-refractivity contribution >= 4 is 23.2 Å². The number of alkyl halides is 1. The molecule has 2 aromatic rings. The van der Waals surface area contributed by atoms with Crippen LogP contribution >= 0.6 is 11.3 Å². The number of nitrogens with one attached hydrogen (secondary N) is 1. The van der Waals surface area contributed by atoms with Gasteiger partial charge in [-0.1, -0.05) is 18.2 Å². The average molecular weight is 362 g/mol. The number of nitrogens with zero attached hydrogens (tertiary/aromatic N) is 1. The summed E-state index contributed by atoms with van der Waals surface area (Å²) >= 11 is 1.42. The van der Waals surface area contributed by atoms with E-state index in [1.807, 2.05) is 23.6 Å². The molecule has 2 atom stereocenters. The van der Waals surface area contributed by atoms with Gasteiger partial charge in [0.15, 0.2) is 6.61 Å². The van der Waals surface area contributed by atoms with Crippen molar-refractivity contribution in [1.29, 1.82) is 0 Å². The standard InChI is InChI=1S/C18H19FN2O3S/c19-14-8-15(21(10-14)18(23)13-6-7-25-12-13)9-20-17(22)11-24-16-4-2-1-3-5-16/h1-7,12,14-15H,8-11H2,(H,20,22). The summed E-state index contributed by atoms with van der Waals surface area (Å²) in [5.41, 5.74) is 0.558. The Hall–Kier alpha value is -2.41. The zero-order valence-corrected chi connectivity index (χ0v) is 14.4. The van der Waals surface area contributed by atoms with Crippen LogP contribution < -0.4 is 10.1 Å². The molecule has 0 aliphatic carbocycles. The second-order valence-electron chi connectivity index (χ2n) is 5.86. The lowest BCUT2D eigenvalue weighted by molar-refractivity contribution is -0.123. The van der Waals surface area contributed by atoms with Crippen LogP contribution in [0.25, 0.3) is 0 Å². The number of hydrogen-bond donors (Lipinski definition) is 1. The molecule has 1 N–H and O–H groups in total. The molecule has 2 heterocycles. The number of rotatable bonds is 6. The summed E-state index contributed by atoms with van der Waals surface area (Å²) in [6.07, 6.45) is -0.833. The molecule has 1 fully saturated rings. The highest BCUT2D eigenvalue weighted by Gasteiger charge is 2.35. The predicted octanol–water partition coefficient (Wildman–Crippen LogP) is 2.50. The van der Waals surface area contributed by atoms with Gasteiger partial charge in [-0.3, -0.25) is 9.59 Å². The summed E-state index contributed by atoms with van der Waals surface area (Å²) in [7, 11) is 0. The SMILES string of the molecule is O=C(COc1ccccc1)NCC1CC(F)CN1C(=O)c1ccsc1. The quantitative estimate of drug-likeness (QED) is 0.859. The van der Waals surface area contributed by atoms with Gasteiger partial charge in [-0.25, -0.2) is 4.39 Å². The van der Waals surface area contributed by atoms with E-state index in [9.17, 15) is 14.0 Å². The zero-order valence-electron chi connectivity index (χ0n) is 13.6. The Labute approximate surface area is 149 Å². The molecule has 0 saturated carbocycles. The van der Waals surface area contributed by atoms with Gasteiger partial charge >= 0.3 is 0 Å². The number of amides is 2. The minimum atomic E-state index is -1.06. The van der Waals surface area contributed by atoms with E-state index < -0.39 is 6.17 Å². The van der Waals surface area contributed by atoms with Crippen LogP contribution in [0.2, 0.25) is 0 Å². The molecule has 5 nitrogen and oxygen atoms in total. The van der Waals surface area contributed by atoms with Crippen LogP contribution in [0.1, 0.15) is 16.8 Å². The van der Waals surface area contributed by atoms with Gasteiger partial charge < -0.3 is 15.0 Å². The van der Waals surface area contributed by atoms with Crippen LogP contribution in [0.3, 0.4) is 0 Å². The molecule has 2 amide bonds. The van der Waals surface area contributed by atoms with Crippen LogP contribution in [0.5, 0.6) is 5.75 Å². The van der Waals surface area contributed by atoms with Gasteiger partial charge in [0, 0.05) is 18.3 Å². The topological polar surface area (TPSA) is 58.6 Å². The third kappa shape index (κ3) is 4.57. The van der Waals surface area contributed by atoms with E-state index in [4.69, 9.17) is 4.74 Å². The highest BCUT2D eigenvalue weighted by molar-refractivity contribution is 7.08. The molecule has 0 spiro atoms. The van der Waals surface area contributed by atoms with Gasteiger partial charge in [-0.15, -0.1) is 0 Å². The molecular weight excluding hydrogens is 343 g/mol. The summed E-state index contributed by atoms with van der Waals surface area (Å²) in [6.45, 7) is 0.164. The fourth-order valence-electron chi connectivity index (χ4n) is 2.80. The van der Waals surface area contributed by atoms with E-state index in [0.717, 1.165) is 0 Å². The third-order valence-electron chi connectivity index (χ3n) is 4.04. The molecule has 1 aliphatic rings. The fraction of sp³-hybridized carbons (Fsp3) is 0.333. The summed E-state index contributed by atoms with van der Waals surface area (Å²) in [5, 5.41) is 6.28. The average Bonchev–Trinajstić information content (AvgIpc) is 3.28. The van der Waals surface area contributed by atoms with Crippen LogP contribution in [-0.4, -0.2) is 48.6 Å². The van der Waals surface area contributed by atoms with Gasteiger partial charge in [-0.2, -0.15) is 11.3 Å². The maximum absolute atomic E-state index is 13.8. The smallest absolute Gasteiger partial charge is 0.258 e. The maximum Gasteiger partial charge on any atom is 0.258 e. The molecule has 0 bridgehead atoms. The van der Waals surface area contributed by atoms with Crippen LogP contribution in [0, 0.1) is 0 Å². The van der Waals surface area contributed by atoms with Crippen molar-refractivity contribution in [3.8, 4) is 5.75 Å². The first kappa shape index (κ1) is 17.4. The molecule has 1 saturated heterocycles. The second-order valence-corrected chi connectivity index (χ2v) is 6.64. The zero-order chi connectivity index (χ0) is 17.6. The molecule has 2 unspecified atom stereocenters. The predicted molar refractivity (Wildman–Crippen MR) is 93.6 cm³/mol. The normalized spacial score (nSPS) is 19.6. The lowest BCUT2D eigenvalue weighted by Gasteiger charge is -2.24. The first-order valence-electron chi connectivity index (χ1n) is 8.05. The molecule has 7 heteroatoms. The van der Waals surface area contributed by atoms with E-state index >= 15 is 0 Å². The molecule has 25 heavy (non-hydrogen) atoms. The minimum absolute atomic E-state index is 0.0652. The van der Waals surface area contributed by atoms with E-state index in [2.05, 4.69) is 5.32 Å². The monoisotopic (exact) mass is 362 g/mol. The van der Waals surface area contributed by atoms with Gasteiger partial charge in [-0.05, 0) is 23.6 Å². The number of para-hydroxylation sites is 1. The van der Waals surface area contributed by atoms with Crippen LogP contribution in [0.15, 0.2) is 47.2 Å². The van der Waals surface area contributed by atoms with Crippen molar-refractivity contribution in [2.45, 2.75) is 18.6 Å². The van der Waals surface area contributed by atoms with Crippen LogP contribution in [0.4, 0.5) is 4.39 Å². The Balaban J connectivity index is 1.50. The number of likely N-dealkylation sites (tertiary alicyclic amines) is 1. The molecule has 0 radical (unpaired) electrons. The number of halogens is 1. The Morgan fingerprint density at radius 3 is 2.80 bits per heavy atom. The van der Waals surface area contributed by atoms with Gasteiger partial charge in [0.2, 0.25) is 0 Å². The van der Waals surface area contributed by atoms with Crippen molar-refractivity contribution in [3.63, 3.8) is 0 Å². The molecule has 1 aliphatic heterocycles. The number of thiophene rings is 1. The van der Waals surface area contributed by atoms with Crippen LogP contribution in [-0.2, 0) is 4.79 Å². The Morgan fingerprint density at radius 2 is 2.08 bits per heavy atom. The Kier molecular flexibility index (Phi) is 5.65. The summed E-state index contributed by atoms with van der Waals surface area (Å²) in [6, 6.07) is 10.4. The van der Waals surface area contributed by atoms with Gasteiger partial charge in [0.1, 0.15) is 11.9 Å². The first-order valence-corrected chi connectivity index (χ1v) is 8.99. The van der Waals surface area contributed by atoms with Crippen molar-refractivity contribution in [3.05, 3.63) is 52.7 Å². The maximum atomic E-state index is 13.8. The second kappa shape index (κ2) is 8.11. The van der Waals surface area contributed by atoms with E-state index in [0.29, 0.717) is 11.3 Å². The number of hydrogen-bond acceptors (Lipinski definition) is 4. The minimum Gasteiger partial charge on any atom is -0.484 e.